The van der Waals surface area contributed by atoms with Crippen molar-refractivity contribution in [2.24, 2.45) is 0 Å². The Balaban J connectivity index is 1.85. The van der Waals surface area contributed by atoms with Crippen molar-refractivity contribution in [1.82, 2.24) is 19.3 Å². The van der Waals surface area contributed by atoms with E-state index in [0.717, 1.165) is 30.2 Å². The van der Waals surface area contributed by atoms with Gasteiger partial charge < -0.3 is 9.30 Å². The van der Waals surface area contributed by atoms with Crippen LogP contribution in [0.1, 0.15) is 6.92 Å². The monoisotopic (exact) mass is 282 g/mol. The lowest BCUT2D eigenvalue weighted by Gasteiger charge is -2.12. The highest BCUT2D eigenvalue weighted by Crippen LogP contribution is 2.28. The van der Waals surface area contributed by atoms with Crippen LogP contribution in [0, 0.1) is 0 Å². The van der Waals surface area contributed by atoms with E-state index in [1.54, 1.807) is 6.20 Å². The fourth-order valence-corrected chi connectivity index (χ4v) is 2.31. The molecule has 108 valence electrons. The Morgan fingerprint density at radius 3 is 2.76 bits per heavy atom. The van der Waals surface area contributed by atoms with Crippen LogP contribution in [-0.4, -0.2) is 25.9 Å². The lowest BCUT2D eigenvalue weighted by molar-refractivity contribution is 0.341. The van der Waals surface area contributed by atoms with Gasteiger partial charge in [-0.2, -0.15) is 5.10 Å². The summed E-state index contributed by atoms with van der Waals surface area (Å²) < 4.78 is 9.73. The molecule has 1 aromatic carbocycles. The molecule has 0 fully saturated rings. The first kappa shape index (κ1) is 13.4. The van der Waals surface area contributed by atoms with Gasteiger partial charge in [0.1, 0.15) is 11.6 Å². The van der Waals surface area contributed by atoms with Crippen LogP contribution in [0.3, 0.4) is 0 Å². The van der Waals surface area contributed by atoms with E-state index < -0.39 is 0 Å². The van der Waals surface area contributed by atoms with E-state index in [4.69, 9.17) is 4.74 Å². The second kappa shape index (κ2) is 6.26. The number of para-hydroxylation sites is 1. The zero-order valence-electron chi connectivity index (χ0n) is 12.0. The number of ether oxygens (including phenoxy) is 1. The van der Waals surface area contributed by atoms with Gasteiger partial charge in [0.05, 0.1) is 18.7 Å². The maximum Gasteiger partial charge on any atom is 0.143 e. The molecule has 0 aliphatic heterocycles. The normalized spacial score (nSPS) is 10.7. The summed E-state index contributed by atoms with van der Waals surface area (Å²) in [4.78, 5) is 4.48. The summed E-state index contributed by atoms with van der Waals surface area (Å²) in [7, 11) is 0. The Hall–Kier alpha value is -2.56. The van der Waals surface area contributed by atoms with E-state index in [-0.39, 0.29) is 0 Å². The van der Waals surface area contributed by atoms with Crippen molar-refractivity contribution in [3.8, 4) is 17.1 Å². The molecule has 0 amide bonds. The Morgan fingerprint density at radius 2 is 1.95 bits per heavy atom. The van der Waals surface area contributed by atoms with Gasteiger partial charge in [0.15, 0.2) is 0 Å². The molecule has 3 rings (SSSR count). The maximum atomic E-state index is 5.70. The number of aromatic nitrogens is 4. The number of hydrogen-bond donors (Lipinski definition) is 0. The average molecular weight is 282 g/mol. The minimum absolute atomic E-state index is 0.644. The summed E-state index contributed by atoms with van der Waals surface area (Å²) in [5.41, 5.74) is 1.02. The van der Waals surface area contributed by atoms with Gasteiger partial charge in [0, 0.05) is 31.3 Å². The Bertz CT molecular complexity index is 688. The van der Waals surface area contributed by atoms with Crippen LogP contribution in [0.25, 0.3) is 11.4 Å². The smallest absolute Gasteiger partial charge is 0.143 e. The molecule has 2 heterocycles. The molecule has 0 aliphatic rings. The molecule has 0 bridgehead atoms. The van der Waals surface area contributed by atoms with Crippen molar-refractivity contribution >= 4 is 0 Å². The van der Waals surface area contributed by atoms with Crippen molar-refractivity contribution in [2.45, 2.75) is 20.0 Å². The van der Waals surface area contributed by atoms with Crippen molar-refractivity contribution in [2.75, 3.05) is 6.61 Å². The molecule has 0 saturated carbocycles. The Morgan fingerprint density at radius 1 is 1.05 bits per heavy atom. The van der Waals surface area contributed by atoms with E-state index in [2.05, 4.69) is 14.6 Å². The zero-order valence-corrected chi connectivity index (χ0v) is 12.0. The molecule has 0 radical (unpaired) electrons. The molecule has 3 aromatic rings. The standard InChI is InChI=1S/C16H18N4O/c1-2-21-15-7-4-3-6-14(15)16-17-9-11-19(16)12-13-20-10-5-8-18-20/h3-11H,2,12-13H2,1H3. The van der Waals surface area contributed by atoms with Gasteiger partial charge in [-0.1, -0.05) is 12.1 Å². The number of rotatable bonds is 6. The quantitative estimate of drug-likeness (QED) is 0.698. The first-order chi connectivity index (χ1) is 10.4. The molecule has 21 heavy (non-hydrogen) atoms. The molecular weight excluding hydrogens is 264 g/mol. The lowest BCUT2D eigenvalue weighted by Crippen LogP contribution is -2.08. The van der Waals surface area contributed by atoms with Crippen LogP contribution in [0.4, 0.5) is 0 Å². The van der Waals surface area contributed by atoms with E-state index in [1.807, 2.05) is 60.5 Å². The number of nitrogens with zero attached hydrogens (tertiary/aromatic N) is 4. The highest BCUT2D eigenvalue weighted by molar-refractivity contribution is 5.64. The molecule has 0 saturated heterocycles. The maximum absolute atomic E-state index is 5.70. The summed E-state index contributed by atoms with van der Waals surface area (Å²) >= 11 is 0. The summed E-state index contributed by atoms with van der Waals surface area (Å²) in [5, 5.41) is 4.22. The van der Waals surface area contributed by atoms with Crippen LogP contribution < -0.4 is 4.74 Å². The van der Waals surface area contributed by atoms with Crippen molar-refractivity contribution in [3.05, 3.63) is 55.1 Å². The third-order valence-corrected chi connectivity index (χ3v) is 3.27. The predicted octanol–water partition coefficient (Wildman–Crippen LogP) is 2.85. The number of aryl methyl sites for hydroxylation is 2. The highest BCUT2D eigenvalue weighted by atomic mass is 16.5. The second-order valence-electron chi connectivity index (χ2n) is 4.64. The second-order valence-corrected chi connectivity index (χ2v) is 4.64. The molecule has 0 aliphatic carbocycles. The van der Waals surface area contributed by atoms with E-state index in [1.165, 1.54) is 0 Å². The van der Waals surface area contributed by atoms with Gasteiger partial charge in [0.25, 0.3) is 0 Å². The van der Waals surface area contributed by atoms with Gasteiger partial charge in [-0.15, -0.1) is 0 Å². The fourth-order valence-electron chi connectivity index (χ4n) is 2.31. The van der Waals surface area contributed by atoms with Crippen LogP contribution in [0.5, 0.6) is 5.75 Å². The van der Waals surface area contributed by atoms with Crippen molar-refractivity contribution in [1.29, 1.82) is 0 Å². The number of benzene rings is 1. The predicted molar refractivity (Wildman–Crippen MR) is 81.1 cm³/mol. The van der Waals surface area contributed by atoms with Gasteiger partial charge in [0.2, 0.25) is 0 Å². The average Bonchev–Trinajstić information content (AvgIpc) is 3.17. The largest absolute Gasteiger partial charge is 0.493 e. The number of imidazole rings is 1. The SMILES string of the molecule is CCOc1ccccc1-c1nccn1CCn1cccn1. The minimum Gasteiger partial charge on any atom is -0.493 e. The van der Waals surface area contributed by atoms with E-state index >= 15 is 0 Å². The molecule has 0 spiro atoms. The Labute approximate surface area is 123 Å². The van der Waals surface area contributed by atoms with Gasteiger partial charge in [-0.3, -0.25) is 4.68 Å². The van der Waals surface area contributed by atoms with Gasteiger partial charge in [-0.05, 0) is 25.1 Å². The fraction of sp³-hybridized carbons (Fsp3) is 0.250. The van der Waals surface area contributed by atoms with Crippen molar-refractivity contribution in [3.63, 3.8) is 0 Å². The summed E-state index contributed by atoms with van der Waals surface area (Å²) in [6.45, 7) is 4.26. The van der Waals surface area contributed by atoms with Crippen LogP contribution >= 0.6 is 0 Å². The highest BCUT2D eigenvalue weighted by Gasteiger charge is 2.11. The number of hydrogen-bond acceptors (Lipinski definition) is 3. The first-order valence-corrected chi connectivity index (χ1v) is 7.09. The Kier molecular flexibility index (Phi) is 4.00. The third kappa shape index (κ3) is 2.97. The van der Waals surface area contributed by atoms with Crippen LogP contribution in [0.2, 0.25) is 0 Å². The molecule has 0 unspecified atom stereocenters. The molecule has 5 nitrogen and oxygen atoms in total. The summed E-state index contributed by atoms with van der Waals surface area (Å²) in [5.74, 6) is 1.79. The first-order valence-electron chi connectivity index (χ1n) is 7.09. The van der Waals surface area contributed by atoms with Crippen molar-refractivity contribution < 1.29 is 4.74 Å². The van der Waals surface area contributed by atoms with Gasteiger partial charge >= 0.3 is 0 Å². The van der Waals surface area contributed by atoms with Gasteiger partial charge in [-0.25, -0.2) is 4.98 Å². The van der Waals surface area contributed by atoms with Crippen LogP contribution in [-0.2, 0) is 13.1 Å². The zero-order chi connectivity index (χ0) is 14.5. The third-order valence-electron chi connectivity index (χ3n) is 3.27. The molecule has 5 heteroatoms. The summed E-state index contributed by atoms with van der Waals surface area (Å²) in [6.07, 6.45) is 7.56. The van der Waals surface area contributed by atoms with Crippen LogP contribution in [0.15, 0.2) is 55.1 Å². The molecule has 0 N–H and O–H groups in total. The lowest BCUT2D eigenvalue weighted by atomic mass is 10.2. The minimum atomic E-state index is 0.644. The summed E-state index contributed by atoms with van der Waals surface area (Å²) in [6, 6.07) is 9.93. The van der Waals surface area contributed by atoms with E-state index in [9.17, 15) is 0 Å². The molecule has 2 aromatic heterocycles. The molecule has 0 atom stereocenters. The topological polar surface area (TPSA) is 44.9 Å². The van der Waals surface area contributed by atoms with E-state index in [0.29, 0.717) is 6.61 Å². The molecular formula is C16H18N4O.